The van der Waals surface area contributed by atoms with E-state index < -0.39 is 0 Å². The van der Waals surface area contributed by atoms with Crippen LogP contribution in [0.5, 0.6) is 0 Å². The molecule has 2 nitrogen and oxygen atoms in total. The van der Waals surface area contributed by atoms with Crippen LogP contribution in [-0.2, 0) is 0 Å². The van der Waals surface area contributed by atoms with E-state index in [4.69, 9.17) is 10.2 Å². The van der Waals surface area contributed by atoms with Gasteiger partial charge in [-0.15, -0.1) is 11.3 Å². The van der Waals surface area contributed by atoms with Gasteiger partial charge in [-0.25, -0.2) is 4.98 Å². The highest BCUT2D eigenvalue weighted by Gasteiger charge is 2.05. The number of hydrogen-bond acceptors (Lipinski definition) is 3. The lowest BCUT2D eigenvalue weighted by Crippen LogP contribution is -1.76. The fraction of sp³-hybridized carbons (Fsp3) is 0. The van der Waals surface area contributed by atoms with Gasteiger partial charge in [-0.05, 0) is 35.2 Å². The van der Waals surface area contributed by atoms with Crippen molar-refractivity contribution in [2.45, 2.75) is 0 Å². The summed E-state index contributed by atoms with van der Waals surface area (Å²) in [5, 5.41) is 12.2. The highest BCUT2D eigenvalue weighted by molar-refractivity contribution is 7.19. The summed E-state index contributed by atoms with van der Waals surface area (Å²) in [4.78, 5) is 4.77. The first-order valence-electron chi connectivity index (χ1n) is 7.30. The van der Waals surface area contributed by atoms with E-state index in [-0.39, 0.29) is 0 Å². The van der Waals surface area contributed by atoms with Crippen molar-refractivity contribution < 1.29 is 0 Å². The summed E-state index contributed by atoms with van der Waals surface area (Å²) in [6.07, 6.45) is 4.06. The molecule has 0 aliphatic rings. The van der Waals surface area contributed by atoms with Crippen LogP contribution in [0, 0.1) is 11.3 Å². The highest BCUT2D eigenvalue weighted by atomic mass is 32.1. The Kier molecular flexibility index (Phi) is 3.38. The zero-order valence-electron chi connectivity index (χ0n) is 12.2. The van der Waals surface area contributed by atoms with Crippen molar-refractivity contribution in [1.82, 2.24) is 4.98 Å². The molecular weight excluding hydrogens is 300 g/mol. The largest absolute Gasteiger partial charge is 0.236 e. The molecule has 0 aliphatic heterocycles. The molecule has 4 aromatic rings. The van der Waals surface area contributed by atoms with E-state index in [0.717, 1.165) is 16.1 Å². The maximum Gasteiger partial charge on any atom is 0.117 e. The van der Waals surface area contributed by atoms with Crippen LogP contribution in [0.15, 0.2) is 60.7 Å². The minimum Gasteiger partial charge on any atom is -0.236 e. The summed E-state index contributed by atoms with van der Waals surface area (Å²) >= 11 is 1.69. The highest BCUT2D eigenvalue weighted by Crippen LogP contribution is 2.30. The van der Waals surface area contributed by atoms with E-state index in [1.165, 1.54) is 15.5 Å². The van der Waals surface area contributed by atoms with Crippen LogP contribution >= 0.6 is 11.3 Å². The first-order chi connectivity index (χ1) is 11.3. The van der Waals surface area contributed by atoms with Gasteiger partial charge in [-0.3, -0.25) is 0 Å². The fourth-order valence-electron chi connectivity index (χ4n) is 2.59. The zero-order valence-corrected chi connectivity index (χ0v) is 13.0. The SMILES string of the molecule is N#Cc1ccc(C=Cc2nc3c(ccc4ccccc43)s2)cc1. The summed E-state index contributed by atoms with van der Waals surface area (Å²) in [6.45, 7) is 0. The standard InChI is InChI=1S/C20H12N2S/c21-13-15-7-5-14(6-8-15)9-12-19-22-20-17-4-2-1-3-16(17)10-11-18(20)23-19/h1-12H. The molecule has 1 aromatic heterocycles. The van der Waals surface area contributed by atoms with E-state index in [0.29, 0.717) is 5.56 Å². The topological polar surface area (TPSA) is 36.7 Å². The number of thiazole rings is 1. The molecule has 3 aromatic carbocycles. The third-order valence-corrected chi connectivity index (χ3v) is 4.74. The first kappa shape index (κ1) is 13.7. The summed E-state index contributed by atoms with van der Waals surface area (Å²) in [6, 6.07) is 22.3. The first-order valence-corrected chi connectivity index (χ1v) is 8.12. The van der Waals surface area contributed by atoms with Crippen LogP contribution in [0.2, 0.25) is 0 Å². The van der Waals surface area contributed by atoms with Crippen molar-refractivity contribution in [2.24, 2.45) is 0 Å². The summed E-state index contributed by atoms with van der Waals surface area (Å²) in [7, 11) is 0. The van der Waals surface area contributed by atoms with Crippen molar-refractivity contribution in [3.8, 4) is 6.07 Å². The predicted molar refractivity (Wildman–Crippen MR) is 97.2 cm³/mol. The van der Waals surface area contributed by atoms with Crippen molar-refractivity contribution in [3.63, 3.8) is 0 Å². The van der Waals surface area contributed by atoms with Crippen LogP contribution in [-0.4, -0.2) is 4.98 Å². The minimum absolute atomic E-state index is 0.675. The number of fused-ring (bicyclic) bond motifs is 3. The van der Waals surface area contributed by atoms with E-state index in [9.17, 15) is 0 Å². The van der Waals surface area contributed by atoms with E-state index in [1.54, 1.807) is 11.3 Å². The monoisotopic (exact) mass is 312 g/mol. The average Bonchev–Trinajstić information content (AvgIpc) is 3.04. The molecule has 0 fully saturated rings. The summed E-state index contributed by atoms with van der Waals surface area (Å²) in [5.41, 5.74) is 2.80. The molecule has 108 valence electrons. The van der Waals surface area contributed by atoms with Crippen LogP contribution in [0.1, 0.15) is 16.1 Å². The lowest BCUT2D eigenvalue weighted by molar-refractivity contribution is 1.47. The van der Waals surface area contributed by atoms with Crippen LogP contribution in [0.25, 0.3) is 33.1 Å². The van der Waals surface area contributed by atoms with E-state index in [1.807, 2.05) is 48.6 Å². The molecule has 0 saturated heterocycles. The van der Waals surface area contributed by atoms with Crippen molar-refractivity contribution in [2.75, 3.05) is 0 Å². The third-order valence-electron chi connectivity index (χ3n) is 3.76. The number of nitriles is 1. The number of nitrogens with zero attached hydrogens (tertiary/aromatic N) is 2. The van der Waals surface area contributed by atoms with Gasteiger partial charge in [0.1, 0.15) is 5.01 Å². The van der Waals surface area contributed by atoms with E-state index >= 15 is 0 Å². The Morgan fingerprint density at radius 2 is 1.74 bits per heavy atom. The van der Waals surface area contributed by atoms with Gasteiger partial charge in [0.15, 0.2) is 0 Å². The van der Waals surface area contributed by atoms with Crippen molar-refractivity contribution in [1.29, 1.82) is 5.26 Å². The van der Waals surface area contributed by atoms with Crippen molar-refractivity contribution in [3.05, 3.63) is 76.8 Å². The van der Waals surface area contributed by atoms with Crippen LogP contribution in [0.3, 0.4) is 0 Å². The van der Waals surface area contributed by atoms with Crippen LogP contribution in [0.4, 0.5) is 0 Å². The Balaban J connectivity index is 1.73. The molecule has 0 aliphatic carbocycles. The summed E-state index contributed by atoms with van der Waals surface area (Å²) < 4.78 is 1.20. The van der Waals surface area contributed by atoms with Gasteiger partial charge in [0, 0.05) is 5.39 Å². The molecule has 0 bridgehead atoms. The molecule has 0 unspecified atom stereocenters. The maximum absolute atomic E-state index is 8.83. The Morgan fingerprint density at radius 3 is 2.57 bits per heavy atom. The average molecular weight is 312 g/mol. The van der Waals surface area contributed by atoms with Gasteiger partial charge in [0.2, 0.25) is 0 Å². The Morgan fingerprint density at radius 1 is 0.913 bits per heavy atom. The second kappa shape index (κ2) is 5.68. The van der Waals surface area contributed by atoms with Gasteiger partial charge in [0.05, 0.1) is 21.8 Å². The van der Waals surface area contributed by atoms with Crippen molar-refractivity contribution >= 4 is 44.5 Å². The predicted octanol–water partition coefficient (Wildman–Crippen LogP) is 5.49. The molecule has 0 spiro atoms. The third kappa shape index (κ3) is 2.61. The molecule has 0 amide bonds. The molecule has 3 heteroatoms. The van der Waals surface area contributed by atoms with Gasteiger partial charge in [0.25, 0.3) is 0 Å². The normalized spacial score (nSPS) is 11.3. The molecule has 0 N–H and O–H groups in total. The number of rotatable bonds is 2. The molecule has 0 saturated carbocycles. The quantitative estimate of drug-likeness (QED) is 0.490. The number of hydrogen-bond donors (Lipinski definition) is 0. The minimum atomic E-state index is 0.675. The smallest absolute Gasteiger partial charge is 0.117 e. The van der Waals surface area contributed by atoms with Gasteiger partial charge >= 0.3 is 0 Å². The van der Waals surface area contributed by atoms with Crippen LogP contribution < -0.4 is 0 Å². The van der Waals surface area contributed by atoms with Gasteiger partial charge < -0.3 is 0 Å². The fourth-order valence-corrected chi connectivity index (χ4v) is 3.47. The van der Waals surface area contributed by atoms with Gasteiger partial charge in [-0.1, -0.05) is 48.5 Å². The molecule has 1 heterocycles. The Hall–Kier alpha value is -2.96. The molecule has 4 rings (SSSR count). The second-order valence-corrected chi connectivity index (χ2v) is 6.31. The number of benzene rings is 3. The zero-order chi connectivity index (χ0) is 15.6. The molecule has 0 radical (unpaired) electrons. The molecule has 0 atom stereocenters. The second-order valence-electron chi connectivity index (χ2n) is 5.25. The Labute approximate surface area is 138 Å². The van der Waals surface area contributed by atoms with E-state index in [2.05, 4.69) is 30.3 Å². The lowest BCUT2D eigenvalue weighted by atomic mass is 10.1. The molecule has 23 heavy (non-hydrogen) atoms. The number of aromatic nitrogens is 1. The lowest BCUT2D eigenvalue weighted by Gasteiger charge is -1.96. The molecular formula is C20H12N2S. The summed E-state index contributed by atoms with van der Waals surface area (Å²) in [5.74, 6) is 0. The maximum atomic E-state index is 8.83. The van der Waals surface area contributed by atoms with Gasteiger partial charge in [-0.2, -0.15) is 5.26 Å². The Bertz CT molecular complexity index is 1070.